The number of hydrogen-bond acceptors (Lipinski definition) is 4. The lowest BCUT2D eigenvalue weighted by Gasteiger charge is -2.13. The first-order chi connectivity index (χ1) is 10.6. The van der Waals surface area contributed by atoms with Crippen molar-refractivity contribution in [2.75, 3.05) is 12.4 Å². The molecule has 0 bridgehead atoms. The number of benzene rings is 1. The van der Waals surface area contributed by atoms with Crippen LogP contribution in [0.4, 0.5) is 5.82 Å². The lowest BCUT2D eigenvalue weighted by atomic mass is 10.2. The molecule has 0 aliphatic heterocycles. The fourth-order valence-electron chi connectivity index (χ4n) is 2.00. The van der Waals surface area contributed by atoms with Gasteiger partial charge in [0.1, 0.15) is 11.6 Å². The summed E-state index contributed by atoms with van der Waals surface area (Å²) in [4.78, 5) is 16.6. The molecule has 0 fully saturated rings. The van der Waals surface area contributed by atoms with Crippen molar-refractivity contribution in [1.82, 2.24) is 10.3 Å². The van der Waals surface area contributed by atoms with Crippen molar-refractivity contribution < 1.29 is 9.53 Å². The lowest BCUT2D eigenvalue weighted by molar-refractivity contribution is 0.0951. The largest absolute Gasteiger partial charge is 0.497 e. The molecule has 0 radical (unpaired) electrons. The third kappa shape index (κ3) is 4.22. The number of ether oxygens (including phenoxy) is 1. The summed E-state index contributed by atoms with van der Waals surface area (Å²) in [6.07, 6.45) is 1.67. The van der Waals surface area contributed by atoms with E-state index in [0.717, 1.165) is 11.3 Å². The van der Waals surface area contributed by atoms with Crippen molar-refractivity contribution >= 4 is 11.7 Å². The first kappa shape index (κ1) is 15.8. The first-order valence-electron chi connectivity index (χ1n) is 7.23. The second kappa shape index (κ2) is 7.45. The SMILES string of the molecule is COc1ccc(CNC(=O)c2cccnc2NC(C)C)cc1. The quantitative estimate of drug-likeness (QED) is 0.861. The van der Waals surface area contributed by atoms with E-state index >= 15 is 0 Å². The van der Waals surface area contributed by atoms with E-state index in [9.17, 15) is 4.79 Å². The minimum Gasteiger partial charge on any atom is -0.497 e. The van der Waals surface area contributed by atoms with Crippen molar-refractivity contribution in [2.45, 2.75) is 26.4 Å². The smallest absolute Gasteiger partial charge is 0.255 e. The Bertz CT molecular complexity index is 624. The molecular weight excluding hydrogens is 278 g/mol. The fraction of sp³-hybridized carbons (Fsp3) is 0.294. The molecule has 1 amide bonds. The Labute approximate surface area is 130 Å². The van der Waals surface area contributed by atoms with Crippen LogP contribution in [-0.2, 0) is 6.54 Å². The maximum Gasteiger partial charge on any atom is 0.255 e. The van der Waals surface area contributed by atoms with Crippen molar-refractivity contribution in [3.05, 3.63) is 53.7 Å². The van der Waals surface area contributed by atoms with Crippen LogP contribution >= 0.6 is 0 Å². The molecule has 116 valence electrons. The maximum absolute atomic E-state index is 12.3. The number of aromatic nitrogens is 1. The van der Waals surface area contributed by atoms with Gasteiger partial charge in [-0.1, -0.05) is 12.1 Å². The van der Waals surface area contributed by atoms with Gasteiger partial charge >= 0.3 is 0 Å². The number of hydrogen-bond donors (Lipinski definition) is 2. The van der Waals surface area contributed by atoms with Gasteiger partial charge in [0.25, 0.3) is 5.91 Å². The highest BCUT2D eigenvalue weighted by Gasteiger charge is 2.12. The monoisotopic (exact) mass is 299 g/mol. The van der Waals surface area contributed by atoms with E-state index in [4.69, 9.17) is 4.74 Å². The summed E-state index contributed by atoms with van der Waals surface area (Å²) in [6, 6.07) is 11.3. The number of carbonyl (C=O) groups excluding carboxylic acids is 1. The van der Waals surface area contributed by atoms with Gasteiger partial charge in [0.15, 0.2) is 0 Å². The predicted molar refractivity (Wildman–Crippen MR) is 87.2 cm³/mol. The molecule has 0 aliphatic carbocycles. The van der Waals surface area contributed by atoms with Gasteiger partial charge in [-0.2, -0.15) is 0 Å². The van der Waals surface area contributed by atoms with E-state index in [1.165, 1.54) is 0 Å². The molecule has 0 atom stereocenters. The van der Waals surface area contributed by atoms with Gasteiger partial charge in [0, 0.05) is 18.8 Å². The second-order valence-corrected chi connectivity index (χ2v) is 5.23. The minimum atomic E-state index is -0.146. The highest BCUT2D eigenvalue weighted by Crippen LogP contribution is 2.14. The average Bonchev–Trinajstić information content (AvgIpc) is 2.53. The van der Waals surface area contributed by atoms with Gasteiger partial charge in [-0.3, -0.25) is 4.79 Å². The molecule has 1 aromatic carbocycles. The number of methoxy groups -OCH3 is 1. The van der Waals surface area contributed by atoms with Crippen LogP contribution in [0.5, 0.6) is 5.75 Å². The normalized spacial score (nSPS) is 10.4. The number of carbonyl (C=O) groups is 1. The van der Waals surface area contributed by atoms with Crippen LogP contribution in [0.2, 0.25) is 0 Å². The van der Waals surface area contributed by atoms with E-state index < -0.39 is 0 Å². The number of rotatable bonds is 6. The molecule has 1 aromatic heterocycles. The number of anilines is 1. The van der Waals surface area contributed by atoms with Gasteiger partial charge in [-0.05, 0) is 43.7 Å². The van der Waals surface area contributed by atoms with Crippen LogP contribution in [0.1, 0.15) is 29.8 Å². The molecule has 2 rings (SSSR count). The zero-order valence-corrected chi connectivity index (χ0v) is 13.1. The maximum atomic E-state index is 12.3. The molecule has 5 nitrogen and oxygen atoms in total. The molecule has 0 saturated heterocycles. The van der Waals surface area contributed by atoms with Gasteiger partial charge in [0.2, 0.25) is 0 Å². The van der Waals surface area contributed by atoms with Crippen LogP contribution in [0.15, 0.2) is 42.6 Å². The summed E-state index contributed by atoms with van der Waals surface area (Å²) in [5.41, 5.74) is 1.56. The number of amides is 1. The number of nitrogens with one attached hydrogen (secondary N) is 2. The minimum absolute atomic E-state index is 0.146. The van der Waals surface area contributed by atoms with Gasteiger partial charge in [0.05, 0.1) is 12.7 Å². The zero-order valence-electron chi connectivity index (χ0n) is 13.1. The van der Waals surface area contributed by atoms with E-state index in [1.807, 2.05) is 38.1 Å². The predicted octanol–water partition coefficient (Wildman–Crippen LogP) is 2.84. The Morgan fingerprint density at radius 1 is 1.23 bits per heavy atom. The molecule has 0 unspecified atom stereocenters. The van der Waals surface area contributed by atoms with Gasteiger partial charge < -0.3 is 15.4 Å². The molecular formula is C17H21N3O2. The molecule has 2 aromatic rings. The van der Waals surface area contributed by atoms with Crippen molar-refractivity contribution in [3.8, 4) is 5.75 Å². The lowest BCUT2D eigenvalue weighted by Crippen LogP contribution is -2.25. The van der Waals surface area contributed by atoms with Crippen LogP contribution in [-0.4, -0.2) is 24.0 Å². The van der Waals surface area contributed by atoms with Crippen molar-refractivity contribution in [3.63, 3.8) is 0 Å². The Balaban J connectivity index is 2.02. The highest BCUT2D eigenvalue weighted by atomic mass is 16.5. The van der Waals surface area contributed by atoms with Crippen LogP contribution < -0.4 is 15.4 Å². The second-order valence-electron chi connectivity index (χ2n) is 5.23. The third-order valence-electron chi connectivity index (χ3n) is 3.09. The van der Waals surface area contributed by atoms with Crippen molar-refractivity contribution in [1.29, 1.82) is 0 Å². The standard InChI is InChI=1S/C17H21N3O2/c1-12(2)20-16-15(5-4-10-18-16)17(21)19-11-13-6-8-14(22-3)9-7-13/h4-10,12H,11H2,1-3H3,(H,18,20)(H,19,21). The molecule has 0 saturated carbocycles. The Morgan fingerprint density at radius 2 is 1.95 bits per heavy atom. The van der Waals surface area contributed by atoms with Gasteiger partial charge in [-0.15, -0.1) is 0 Å². The van der Waals surface area contributed by atoms with Gasteiger partial charge in [-0.25, -0.2) is 4.98 Å². The third-order valence-corrected chi connectivity index (χ3v) is 3.09. The average molecular weight is 299 g/mol. The van der Waals surface area contributed by atoms with Crippen LogP contribution in [0, 0.1) is 0 Å². The first-order valence-corrected chi connectivity index (χ1v) is 7.23. The summed E-state index contributed by atoms with van der Waals surface area (Å²) in [5, 5.41) is 6.09. The summed E-state index contributed by atoms with van der Waals surface area (Å²) in [6.45, 7) is 4.47. The topological polar surface area (TPSA) is 63.2 Å². The van der Waals surface area contributed by atoms with Crippen molar-refractivity contribution in [2.24, 2.45) is 0 Å². The fourth-order valence-corrected chi connectivity index (χ4v) is 2.00. The molecule has 0 spiro atoms. The molecule has 22 heavy (non-hydrogen) atoms. The summed E-state index contributed by atoms with van der Waals surface area (Å²) < 4.78 is 5.11. The van der Waals surface area contributed by atoms with E-state index in [0.29, 0.717) is 17.9 Å². The highest BCUT2D eigenvalue weighted by molar-refractivity contribution is 5.98. The molecule has 0 aliphatic rings. The van der Waals surface area contributed by atoms with Crippen LogP contribution in [0.25, 0.3) is 0 Å². The number of nitrogens with zero attached hydrogens (tertiary/aromatic N) is 1. The molecule has 1 heterocycles. The van der Waals surface area contributed by atoms with E-state index in [2.05, 4.69) is 15.6 Å². The van der Waals surface area contributed by atoms with E-state index in [1.54, 1.807) is 25.4 Å². The Morgan fingerprint density at radius 3 is 2.59 bits per heavy atom. The van der Waals surface area contributed by atoms with E-state index in [-0.39, 0.29) is 11.9 Å². The summed E-state index contributed by atoms with van der Waals surface area (Å²) >= 11 is 0. The molecule has 2 N–H and O–H groups in total. The summed E-state index contributed by atoms with van der Waals surface area (Å²) in [5.74, 6) is 1.25. The Hall–Kier alpha value is -2.56. The Kier molecular flexibility index (Phi) is 5.36. The zero-order chi connectivity index (χ0) is 15.9. The number of pyridine rings is 1. The van der Waals surface area contributed by atoms with Crippen LogP contribution in [0.3, 0.4) is 0 Å². The summed E-state index contributed by atoms with van der Waals surface area (Å²) in [7, 11) is 1.63. The molecule has 5 heteroatoms.